The van der Waals surface area contributed by atoms with E-state index in [4.69, 9.17) is 5.73 Å². The predicted molar refractivity (Wildman–Crippen MR) is 72.7 cm³/mol. The molecule has 2 rings (SSSR count). The zero-order valence-corrected chi connectivity index (χ0v) is 11.6. The highest BCUT2D eigenvalue weighted by Crippen LogP contribution is 2.34. The van der Waals surface area contributed by atoms with Gasteiger partial charge in [0.15, 0.2) is 0 Å². The predicted octanol–water partition coefficient (Wildman–Crippen LogP) is 3.09. The van der Waals surface area contributed by atoms with Crippen molar-refractivity contribution in [3.63, 3.8) is 0 Å². The van der Waals surface area contributed by atoms with Crippen LogP contribution in [0.15, 0.2) is 18.2 Å². The lowest BCUT2D eigenvalue weighted by molar-refractivity contribution is 0.226. The summed E-state index contributed by atoms with van der Waals surface area (Å²) in [7, 11) is 2.09. The van der Waals surface area contributed by atoms with Gasteiger partial charge in [-0.25, -0.2) is 8.78 Å². The molecular weight excluding hydrogens is 246 g/mol. The van der Waals surface area contributed by atoms with Crippen LogP contribution in [0, 0.1) is 17.6 Å². The molecule has 0 spiro atoms. The second kappa shape index (κ2) is 5.97. The SMILES string of the molecule is CC(C1CC1)N(C)CCC(N)c1cc(F)cc(F)c1. The van der Waals surface area contributed by atoms with Crippen LogP contribution >= 0.6 is 0 Å². The Hall–Kier alpha value is -1.00. The van der Waals surface area contributed by atoms with Crippen molar-refractivity contribution in [2.75, 3.05) is 13.6 Å². The largest absolute Gasteiger partial charge is 0.324 e. The molecule has 2 unspecified atom stereocenters. The highest BCUT2D eigenvalue weighted by molar-refractivity contribution is 5.21. The molecule has 2 atom stereocenters. The highest BCUT2D eigenvalue weighted by Gasteiger charge is 2.30. The van der Waals surface area contributed by atoms with Crippen molar-refractivity contribution in [2.45, 2.75) is 38.3 Å². The van der Waals surface area contributed by atoms with Gasteiger partial charge in [-0.2, -0.15) is 0 Å². The van der Waals surface area contributed by atoms with Gasteiger partial charge < -0.3 is 10.6 Å². The van der Waals surface area contributed by atoms with Gasteiger partial charge in [-0.15, -0.1) is 0 Å². The topological polar surface area (TPSA) is 29.3 Å². The summed E-state index contributed by atoms with van der Waals surface area (Å²) in [6, 6.07) is 3.75. The van der Waals surface area contributed by atoms with E-state index in [2.05, 4.69) is 18.9 Å². The molecular formula is C15H22F2N2. The molecule has 1 fully saturated rings. The summed E-state index contributed by atoms with van der Waals surface area (Å²) in [5, 5.41) is 0. The molecule has 0 aliphatic heterocycles. The van der Waals surface area contributed by atoms with E-state index in [1.807, 2.05) is 0 Å². The van der Waals surface area contributed by atoms with Crippen molar-refractivity contribution >= 4 is 0 Å². The molecule has 0 bridgehead atoms. The fraction of sp³-hybridized carbons (Fsp3) is 0.600. The summed E-state index contributed by atoms with van der Waals surface area (Å²) < 4.78 is 26.2. The van der Waals surface area contributed by atoms with Crippen molar-refractivity contribution in [1.29, 1.82) is 0 Å². The second-order valence-electron chi connectivity index (χ2n) is 5.66. The first-order valence-electron chi connectivity index (χ1n) is 6.89. The molecule has 1 aliphatic carbocycles. The van der Waals surface area contributed by atoms with E-state index >= 15 is 0 Å². The number of nitrogens with zero attached hydrogens (tertiary/aromatic N) is 1. The average Bonchev–Trinajstić information content (AvgIpc) is 3.17. The van der Waals surface area contributed by atoms with Crippen molar-refractivity contribution in [3.8, 4) is 0 Å². The Kier molecular flexibility index (Phi) is 4.53. The minimum absolute atomic E-state index is 0.320. The van der Waals surface area contributed by atoms with Gasteiger partial charge in [0.05, 0.1) is 0 Å². The van der Waals surface area contributed by atoms with Crippen LogP contribution in [0.3, 0.4) is 0 Å². The minimum atomic E-state index is -0.565. The third kappa shape index (κ3) is 3.98. The number of benzene rings is 1. The Morgan fingerprint density at radius 2 is 1.84 bits per heavy atom. The van der Waals surface area contributed by atoms with Gasteiger partial charge in [0.25, 0.3) is 0 Å². The molecule has 0 saturated heterocycles. The van der Waals surface area contributed by atoms with Crippen LogP contribution in [0.2, 0.25) is 0 Å². The van der Waals surface area contributed by atoms with Gasteiger partial charge in [-0.3, -0.25) is 0 Å². The Balaban J connectivity index is 1.87. The Labute approximate surface area is 113 Å². The van der Waals surface area contributed by atoms with Gasteiger partial charge in [-0.05, 0) is 63.4 Å². The maximum absolute atomic E-state index is 13.1. The van der Waals surface area contributed by atoms with Gasteiger partial charge in [0, 0.05) is 18.2 Å². The summed E-state index contributed by atoms with van der Waals surface area (Å²) in [4.78, 5) is 2.28. The third-order valence-electron chi connectivity index (χ3n) is 4.11. The van der Waals surface area contributed by atoms with Crippen LogP contribution in [-0.2, 0) is 0 Å². The van der Waals surface area contributed by atoms with Crippen molar-refractivity contribution in [3.05, 3.63) is 35.4 Å². The fourth-order valence-electron chi connectivity index (χ4n) is 2.44. The lowest BCUT2D eigenvalue weighted by Crippen LogP contribution is -2.33. The molecule has 1 aromatic carbocycles. The Bertz CT molecular complexity index is 412. The van der Waals surface area contributed by atoms with Crippen LogP contribution in [0.25, 0.3) is 0 Å². The van der Waals surface area contributed by atoms with Gasteiger partial charge in [0.2, 0.25) is 0 Å². The molecule has 1 aliphatic rings. The van der Waals surface area contributed by atoms with Crippen LogP contribution in [-0.4, -0.2) is 24.5 Å². The fourth-order valence-corrected chi connectivity index (χ4v) is 2.44. The zero-order valence-electron chi connectivity index (χ0n) is 11.6. The highest BCUT2D eigenvalue weighted by atomic mass is 19.1. The Morgan fingerprint density at radius 1 is 1.26 bits per heavy atom. The van der Waals surface area contributed by atoms with E-state index in [1.54, 1.807) is 0 Å². The zero-order chi connectivity index (χ0) is 14.0. The van der Waals surface area contributed by atoms with Crippen molar-refractivity contribution < 1.29 is 8.78 Å². The van der Waals surface area contributed by atoms with E-state index in [-0.39, 0.29) is 6.04 Å². The van der Waals surface area contributed by atoms with Crippen molar-refractivity contribution in [1.82, 2.24) is 4.90 Å². The quantitative estimate of drug-likeness (QED) is 0.859. The second-order valence-corrected chi connectivity index (χ2v) is 5.66. The molecule has 1 saturated carbocycles. The van der Waals surface area contributed by atoms with Crippen LogP contribution < -0.4 is 5.73 Å². The first-order valence-corrected chi connectivity index (χ1v) is 6.89. The smallest absolute Gasteiger partial charge is 0.126 e. The molecule has 0 aromatic heterocycles. The number of hydrogen-bond donors (Lipinski definition) is 1. The van der Waals surface area contributed by atoms with Gasteiger partial charge >= 0.3 is 0 Å². The van der Waals surface area contributed by atoms with E-state index in [0.29, 0.717) is 18.0 Å². The van der Waals surface area contributed by atoms with E-state index < -0.39 is 11.6 Å². The molecule has 0 radical (unpaired) electrons. The number of halogens is 2. The molecule has 19 heavy (non-hydrogen) atoms. The summed E-state index contributed by atoms with van der Waals surface area (Å²) in [6.07, 6.45) is 3.33. The van der Waals surface area contributed by atoms with E-state index in [1.165, 1.54) is 25.0 Å². The number of hydrogen-bond acceptors (Lipinski definition) is 2. The summed E-state index contributed by atoms with van der Waals surface area (Å²) in [6.45, 7) is 3.07. The van der Waals surface area contributed by atoms with Crippen LogP contribution in [0.1, 0.15) is 37.8 Å². The average molecular weight is 268 g/mol. The third-order valence-corrected chi connectivity index (χ3v) is 4.11. The summed E-state index contributed by atoms with van der Waals surface area (Å²) >= 11 is 0. The van der Waals surface area contributed by atoms with Gasteiger partial charge in [0.1, 0.15) is 11.6 Å². The maximum atomic E-state index is 13.1. The number of rotatable bonds is 6. The maximum Gasteiger partial charge on any atom is 0.126 e. The molecule has 4 heteroatoms. The molecule has 106 valence electrons. The van der Waals surface area contributed by atoms with E-state index in [9.17, 15) is 8.78 Å². The molecule has 0 heterocycles. The van der Waals surface area contributed by atoms with E-state index in [0.717, 1.165) is 18.5 Å². The number of nitrogens with two attached hydrogens (primary N) is 1. The Morgan fingerprint density at radius 3 is 2.37 bits per heavy atom. The van der Waals surface area contributed by atoms with Crippen LogP contribution in [0.4, 0.5) is 8.78 Å². The normalized spacial score (nSPS) is 18.6. The first kappa shape index (κ1) is 14.4. The monoisotopic (exact) mass is 268 g/mol. The summed E-state index contributed by atoms with van der Waals surface area (Å²) in [5.74, 6) is -0.317. The molecule has 2 N–H and O–H groups in total. The standard InChI is InChI=1S/C15H22F2N2/c1-10(11-3-4-11)19(2)6-5-15(18)12-7-13(16)9-14(17)8-12/h7-11,15H,3-6,18H2,1-2H3. The van der Waals surface area contributed by atoms with Gasteiger partial charge in [-0.1, -0.05) is 0 Å². The molecule has 0 amide bonds. The first-order chi connectivity index (χ1) is 8.97. The lowest BCUT2D eigenvalue weighted by Gasteiger charge is -2.26. The van der Waals surface area contributed by atoms with Crippen molar-refractivity contribution in [2.24, 2.45) is 11.7 Å². The minimum Gasteiger partial charge on any atom is -0.324 e. The van der Waals surface area contributed by atoms with Crippen LogP contribution in [0.5, 0.6) is 0 Å². The molecule has 2 nitrogen and oxygen atoms in total. The lowest BCUT2D eigenvalue weighted by atomic mass is 10.0. The molecule has 1 aromatic rings. The summed E-state index contributed by atoms with van der Waals surface area (Å²) in [5.41, 5.74) is 6.55.